The second kappa shape index (κ2) is 13.2. The van der Waals surface area contributed by atoms with Crippen molar-refractivity contribution in [3.05, 3.63) is 0 Å². The van der Waals surface area contributed by atoms with Crippen LogP contribution in [-0.4, -0.2) is 25.3 Å². The first kappa shape index (κ1) is 20.2. The summed E-state index contributed by atoms with van der Waals surface area (Å²) in [6, 6.07) is 0.660. The third kappa shape index (κ3) is 8.85. The fourth-order valence-electron chi connectivity index (χ4n) is 4.59. The summed E-state index contributed by atoms with van der Waals surface area (Å²) in [5.41, 5.74) is 0. The van der Waals surface area contributed by atoms with Crippen LogP contribution in [0.4, 0.5) is 0 Å². The monoisotopic (exact) mass is 337 g/mol. The first-order valence-corrected chi connectivity index (χ1v) is 11.2. The molecule has 0 aromatic rings. The van der Waals surface area contributed by atoms with Gasteiger partial charge in [-0.3, -0.25) is 0 Å². The maximum Gasteiger partial charge on any atom is 0.0593 e. The van der Waals surface area contributed by atoms with Crippen molar-refractivity contribution >= 4 is 0 Å². The van der Waals surface area contributed by atoms with Gasteiger partial charge in [0.2, 0.25) is 0 Å². The average Bonchev–Trinajstić information content (AvgIpc) is 2.65. The van der Waals surface area contributed by atoms with Gasteiger partial charge in [0.15, 0.2) is 0 Å². The van der Waals surface area contributed by atoms with E-state index in [4.69, 9.17) is 4.74 Å². The Morgan fingerprint density at radius 2 is 0.958 bits per heavy atom. The van der Waals surface area contributed by atoms with Crippen molar-refractivity contribution in [1.82, 2.24) is 5.32 Å². The van der Waals surface area contributed by atoms with Gasteiger partial charge < -0.3 is 10.1 Å². The van der Waals surface area contributed by atoms with Crippen LogP contribution < -0.4 is 5.32 Å². The highest BCUT2D eigenvalue weighted by molar-refractivity contribution is 4.74. The van der Waals surface area contributed by atoms with Gasteiger partial charge >= 0.3 is 0 Å². The van der Waals surface area contributed by atoms with E-state index in [9.17, 15) is 0 Å². The molecule has 142 valence electrons. The van der Waals surface area contributed by atoms with E-state index < -0.39 is 0 Å². The maximum absolute atomic E-state index is 6.73. The third-order valence-electron chi connectivity index (χ3n) is 6.22. The van der Waals surface area contributed by atoms with E-state index >= 15 is 0 Å². The molecule has 2 atom stereocenters. The van der Waals surface area contributed by atoms with Crippen molar-refractivity contribution in [3.63, 3.8) is 0 Å². The highest BCUT2D eigenvalue weighted by atomic mass is 16.5. The van der Waals surface area contributed by atoms with Crippen molar-refractivity contribution in [3.8, 4) is 0 Å². The molecule has 2 aliphatic rings. The first-order valence-electron chi connectivity index (χ1n) is 11.2. The van der Waals surface area contributed by atoms with Crippen LogP contribution in [0.3, 0.4) is 0 Å². The molecule has 0 amide bonds. The van der Waals surface area contributed by atoms with Crippen molar-refractivity contribution in [1.29, 1.82) is 0 Å². The molecule has 0 aromatic heterocycles. The van der Waals surface area contributed by atoms with Gasteiger partial charge in [0, 0.05) is 6.04 Å². The molecule has 2 heteroatoms. The summed E-state index contributed by atoms with van der Waals surface area (Å²) in [4.78, 5) is 0. The third-order valence-corrected chi connectivity index (χ3v) is 6.22. The van der Waals surface area contributed by atoms with E-state index in [0.717, 1.165) is 0 Å². The number of hydrogen-bond donors (Lipinski definition) is 1. The standard InChI is InChI=1S/C22H43NO/c1-23-20-15-11-7-5-6-10-14-18-22(19-20)24-21-16-12-8-3-2-4-9-13-17-21/h20-23H,2-19H2,1H3. The van der Waals surface area contributed by atoms with E-state index in [2.05, 4.69) is 12.4 Å². The topological polar surface area (TPSA) is 21.3 Å². The lowest BCUT2D eigenvalue weighted by Crippen LogP contribution is -2.33. The maximum atomic E-state index is 6.73. The average molecular weight is 338 g/mol. The summed E-state index contributed by atoms with van der Waals surface area (Å²) in [7, 11) is 2.14. The number of ether oxygens (including phenoxy) is 1. The van der Waals surface area contributed by atoms with Crippen LogP contribution in [-0.2, 0) is 4.74 Å². The predicted molar refractivity (Wildman–Crippen MR) is 105 cm³/mol. The van der Waals surface area contributed by atoms with Crippen molar-refractivity contribution in [2.24, 2.45) is 0 Å². The largest absolute Gasteiger partial charge is 0.375 e. The summed E-state index contributed by atoms with van der Waals surface area (Å²) >= 11 is 0. The van der Waals surface area contributed by atoms with Crippen LogP contribution in [0.25, 0.3) is 0 Å². The Labute approximate surface area is 151 Å². The van der Waals surface area contributed by atoms with E-state index in [0.29, 0.717) is 18.2 Å². The number of nitrogens with one attached hydrogen (secondary N) is 1. The molecule has 0 bridgehead atoms. The van der Waals surface area contributed by atoms with Gasteiger partial charge in [-0.05, 0) is 39.2 Å². The van der Waals surface area contributed by atoms with Gasteiger partial charge in [-0.15, -0.1) is 0 Å². The summed E-state index contributed by atoms with van der Waals surface area (Å²) in [5, 5.41) is 3.57. The normalized spacial score (nSPS) is 30.4. The molecule has 2 unspecified atom stereocenters. The van der Waals surface area contributed by atoms with Crippen molar-refractivity contribution < 1.29 is 4.74 Å². The minimum atomic E-state index is 0.494. The minimum Gasteiger partial charge on any atom is -0.375 e. The zero-order valence-corrected chi connectivity index (χ0v) is 16.4. The second-order valence-corrected chi connectivity index (χ2v) is 8.35. The Hall–Kier alpha value is -0.0800. The molecule has 0 heterocycles. The minimum absolute atomic E-state index is 0.494. The Balaban J connectivity index is 1.85. The molecule has 2 fully saturated rings. The van der Waals surface area contributed by atoms with Gasteiger partial charge in [-0.1, -0.05) is 83.5 Å². The summed E-state index contributed by atoms with van der Waals surface area (Å²) in [6.45, 7) is 0. The second-order valence-electron chi connectivity index (χ2n) is 8.35. The lowest BCUT2D eigenvalue weighted by molar-refractivity contribution is -0.0359. The van der Waals surface area contributed by atoms with Gasteiger partial charge in [0.25, 0.3) is 0 Å². The SMILES string of the molecule is CNC1CCCCCCCCC(OC2CCCCCCCCC2)C1. The first-order chi connectivity index (χ1) is 11.9. The van der Waals surface area contributed by atoms with Crippen LogP contribution in [0.15, 0.2) is 0 Å². The van der Waals surface area contributed by atoms with Crippen LogP contribution in [0.5, 0.6) is 0 Å². The van der Waals surface area contributed by atoms with Gasteiger partial charge in [0.05, 0.1) is 12.2 Å². The summed E-state index contributed by atoms with van der Waals surface area (Å²) < 4.78 is 6.73. The van der Waals surface area contributed by atoms with Gasteiger partial charge in [-0.25, -0.2) is 0 Å². The van der Waals surface area contributed by atoms with Crippen LogP contribution in [0.2, 0.25) is 0 Å². The fraction of sp³-hybridized carbons (Fsp3) is 1.00. The molecule has 0 aromatic carbocycles. The van der Waals surface area contributed by atoms with Crippen molar-refractivity contribution in [2.75, 3.05) is 7.05 Å². The summed E-state index contributed by atoms with van der Waals surface area (Å²) in [5.74, 6) is 0. The highest BCUT2D eigenvalue weighted by Crippen LogP contribution is 2.25. The summed E-state index contributed by atoms with van der Waals surface area (Å²) in [6.07, 6.45) is 25.9. The lowest BCUT2D eigenvalue weighted by atomic mass is 9.97. The van der Waals surface area contributed by atoms with E-state index in [1.54, 1.807) is 0 Å². The molecular weight excluding hydrogens is 294 g/mol. The quantitative estimate of drug-likeness (QED) is 0.645. The predicted octanol–water partition coefficient (Wildman–Crippen LogP) is 6.38. The van der Waals surface area contributed by atoms with Gasteiger partial charge in [0.1, 0.15) is 0 Å². The Morgan fingerprint density at radius 3 is 1.46 bits per heavy atom. The van der Waals surface area contributed by atoms with E-state index in [-0.39, 0.29) is 0 Å². The van der Waals surface area contributed by atoms with E-state index in [1.807, 2.05) is 0 Å². The molecule has 2 rings (SSSR count). The van der Waals surface area contributed by atoms with Crippen LogP contribution in [0.1, 0.15) is 116 Å². The zero-order valence-electron chi connectivity index (χ0n) is 16.4. The molecule has 0 saturated heterocycles. The van der Waals surface area contributed by atoms with Crippen molar-refractivity contribution in [2.45, 2.75) is 134 Å². The van der Waals surface area contributed by atoms with E-state index in [1.165, 1.54) is 116 Å². The lowest BCUT2D eigenvalue weighted by Gasteiger charge is -2.29. The fourth-order valence-corrected chi connectivity index (χ4v) is 4.59. The molecule has 2 aliphatic carbocycles. The molecule has 0 radical (unpaired) electrons. The number of hydrogen-bond acceptors (Lipinski definition) is 2. The molecule has 1 N–H and O–H groups in total. The smallest absolute Gasteiger partial charge is 0.0593 e. The highest BCUT2D eigenvalue weighted by Gasteiger charge is 2.21. The number of rotatable bonds is 3. The molecule has 24 heavy (non-hydrogen) atoms. The van der Waals surface area contributed by atoms with Crippen LogP contribution >= 0.6 is 0 Å². The molecular formula is C22H43NO. The zero-order chi connectivity index (χ0) is 16.9. The Morgan fingerprint density at radius 1 is 0.542 bits per heavy atom. The molecule has 0 aliphatic heterocycles. The van der Waals surface area contributed by atoms with Crippen LogP contribution in [0, 0.1) is 0 Å². The Kier molecular flexibility index (Phi) is 11.1. The molecule has 2 saturated carbocycles. The van der Waals surface area contributed by atoms with Gasteiger partial charge in [-0.2, -0.15) is 0 Å². The molecule has 2 nitrogen and oxygen atoms in total. The molecule has 0 spiro atoms. The Bertz CT molecular complexity index is 284.